The van der Waals surface area contributed by atoms with E-state index in [1.54, 1.807) is 5.38 Å². The Kier molecular flexibility index (Phi) is 7.07. The van der Waals surface area contributed by atoms with E-state index in [0.717, 1.165) is 16.3 Å². The van der Waals surface area contributed by atoms with Gasteiger partial charge < -0.3 is 15.2 Å². The van der Waals surface area contributed by atoms with Crippen molar-refractivity contribution in [3.05, 3.63) is 35.3 Å². The standard InChI is InChI=1S/C16H18N2O4S2/c1-2-22-12-5-3-11(4-6-12)16-18-13(9-24-16)15(21)17-7-8-23-10-14(19)20/h3-6,9H,2,7-8,10H2,1H3,(H,17,21)(H,19,20). The molecule has 0 bridgehead atoms. The van der Waals surface area contributed by atoms with Crippen molar-refractivity contribution in [2.24, 2.45) is 0 Å². The number of carboxylic acid groups (broad SMARTS) is 1. The molecule has 2 N–H and O–H groups in total. The number of carbonyl (C=O) groups excluding carboxylic acids is 1. The third-order valence-electron chi connectivity index (χ3n) is 2.91. The highest BCUT2D eigenvalue weighted by molar-refractivity contribution is 7.99. The summed E-state index contributed by atoms with van der Waals surface area (Å²) in [7, 11) is 0. The summed E-state index contributed by atoms with van der Waals surface area (Å²) in [4.78, 5) is 26.7. The normalized spacial score (nSPS) is 10.4. The predicted octanol–water partition coefficient (Wildman–Crippen LogP) is 2.76. The Balaban J connectivity index is 1.87. The molecular formula is C16H18N2O4S2. The van der Waals surface area contributed by atoms with E-state index >= 15 is 0 Å². The van der Waals surface area contributed by atoms with Gasteiger partial charge in [0.05, 0.1) is 12.4 Å². The first-order chi connectivity index (χ1) is 11.6. The minimum Gasteiger partial charge on any atom is -0.494 e. The van der Waals surface area contributed by atoms with Crippen LogP contribution in [0.1, 0.15) is 17.4 Å². The highest BCUT2D eigenvalue weighted by Crippen LogP contribution is 2.25. The Labute approximate surface area is 148 Å². The van der Waals surface area contributed by atoms with E-state index in [-0.39, 0.29) is 11.7 Å². The molecule has 2 aromatic rings. The number of carbonyl (C=O) groups is 2. The van der Waals surface area contributed by atoms with E-state index in [4.69, 9.17) is 9.84 Å². The van der Waals surface area contributed by atoms with Crippen LogP contribution >= 0.6 is 23.1 Å². The minimum absolute atomic E-state index is 0.0362. The van der Waals surface area contributed by atoms with Gasteiger partial charge in [0.25, 0.3) is 5.91 Å². The van der Waals surface area contributed by atoms with E-state index in [2.05, 4.69) is 10.3 Å². The molecule has 0 saturated heterocycles. The van der Waals surface area contributed by atoms with E-state index < -0.39 is 5.97 Å². The van der Waals surface area contributed by atoms with Crippen molar-refractivity contribution >= 4 is 35.0 Å². The van der Waals surface area contributed by atoms with Gasteiger partial charge in [0.2, 0.25) is 0 Å². The summed E-state index contributed by atoms with van der Waals surface area (Å²) in [6.07, 6.45) is 0. The van der Waals surface area contributed by atoms with Crippen LogP contribution in [0.25, 0.3) is 10.6 Å². The number of carboxylic acids is 1. The zero-order valence-electron chi connectivity index (χ0n) is 13.2. The number of rotatable bonds is 9. The lowest BCUT2D eigenvalue weighted by molar-refractivity contribution is -0.133. The number of thiazole rings is 1. The van der Waals surface area contributed by atoms with Gasteiger partial charge in [0.15, 0.2) is 0 Å². The van der Waals surface area contributed by atoms with Crippen LogP contribution in [0.5, 0.6) is 5.75 Å². The molecule has 0 aliphatic carbocycles. The molecule has 1 amide bonds. The number of benzene rings is 1. The lowest BCUT2D eigenvalue weighted by Crippen LogP contribution is -2.26. The lowest BCUT2D eigenvalue weighted by Gasteiger charge is -2.03. The minimum atomic E-state index is -0.856. The van der Waals surface area contributed by atoms with E-state index in [0.29, 0.717) is 24.6 Å². The zero-order chi connectivity index (χ0) is 17.4. The van der Waals surface area contributed by atoms with Crippen molar-refractivity contribution < 1.29 is 19.4 Å². The summed E-state index contributed by atoms with van der Waals surface area (Å²) >= 11 is 2.66. The Hall–Kier alpha value is -2.06. The van der Waals surface area contributed by atoms with E-state index in [1.807, 2.05) is 31.2 Å². The number of aliphatic carboxylic acids is 1. The zero-order valence-corrected chi connectivity index (χ0v) is 14.8. The molecule has 0 radical (unpaired) electrons. The average Bonchev–Trinajstić information content (AvgIpc) is 3.05. The molecule has 128 valence electrons. The Morgan fingerprint density at radius 1 is 1.33 bits per heavy atom. The molecule has 0 atom stereocenters. The number of ether oxygens (including phenoxy) is 1. The molecule has 8 heteroatoms. The summed E-state index contributed by atoms with van der Waals surface area (Å²) in [6.45, 7) is 2.96. The highest BCUT2D eigenvalue weighted by Gasteiger charge is 2.11. The fraction of sp³-hybridized carbons (Fsp3) is 0.312. The molecule has 0 unspecified atom stereocenters. The fourth-order valence-electron chi connectivity index (χ4n) is 1.86. The van der Waals surface area contributed by atoms with Crippen molar-refractivity contribution in [3.8, 4) is 16.3 Å². The molecule has 1 aromatic carbocycles. The molecular weight excluding hydrogens is 348 g/mol. The molecule has 1 aromatic heterocycles. The van der Waals surface area contributed by atoms with Gasteiger partial charge in [-0.05, 0) is 31.2 Å². The van der Waals surface area contributed by atoms with Gasteiger partial charge in [-0.2, -0.15) is 0 Å². The number of nitrogens with zero attached hydrogens (tertiary/aromatic N) is 1. The van der Waals surface area contributed by atoms with Crippen molar-refractivity contribution in [1.82, 2.24) is 10.3 Å². The Bertz CT molecular complexity index is 686. The first kappa shape index (κ1) is 18.3. The predicted molar refractivity (Wildman–Crippen MR) is 96.0 cm³/mol. The third kappa shape index (κ3) is 5.54. The fourth-order valence-corrected chi connectivity index (χ4v) is 3.23. The van der Waals surface area contributed by atoms with Crippen LogP contribution in [0.15, 0.2) is 29.6 Å². The maximum absolute atomic E-state index is 12.0. The number of amides is 1. The number of nitrogens with one attached hydrogen (secondary N) is 1. The van der Waals surface area contributed by atoms with E-state index in [9.17, 15) is 9.59 Å². The first-order valence-corrected chi connectivity index (χ1v) is 9.40. The molecule has 0 aliphatic rings. The van der Waals surface area contributed by atoms with Crippen molar-refractivity contribution in [2.75, 3.05) is 24.7 Å². The second-order valence-corrected chi connectivity index (χ2v) is 6.66. The van der Waals surface area contributed by atoms with Crippen LogP contribution < -0.4 is 10.1 Å². The molecule has 0 aliphatic heterocycles. The lowest BCUT2D eigenvalue weighted by atomic mass is 10.2. The number of hydrogen-bond donors (Lipinski definition) is 2. The van der Waals surface area contributed by atoms with Crippen LogP contribution in [-0.2, 0) is 4.79 Å². The quantitative estimate of drug-likeness (QED) is 0.664. The molecule has 6 nitrogen and oxygen atoms in total. The third-order valence-corrected chi connectivity index (χ3v) is 4.74. The second-order valence-electron chi connectivity index (χ2n) is 4.70. The maximum atomic E-state index is 12.0. The molecule has 1 heterocycles. The van der Waals surface area contributed by atoms with Crippen LogP contribution in [0.3, 0.4) is 0 Å². The van der Waals surface area contributed by atoms with Gasteiger partial charge in [-0.15, -0.1) is 23.1 Å². The molecule has 0 saturated carbocycles. The van der Waals surface area contributed by atoms with Crippen molar-refractivity contribution in [2.45, 2.75) is 6.92 Å². The van der Waals surface area contributed by atoms with Gasteiger partial charge >= 0.3 is 5.97 Å². The maximum Gasteiger partial charge on any atom is 0.313 e. The summed E-state index contributed by atoms with van der Waals surface area (Å²) in [5, 5.41) is 13.7. The monoisotopic (exact) mass is 366 g/mol. The van der Waals surface area contributed by atoms with Gasteiger partial charge in [-0.1, -0.05) is 0 Å². The highest BCUT2D eigenvalue weighted by atomic mass is 32.2. The number of hydrogen-bond acceptors (Lipinski definition) is 6. The molecule has 0 fully saturated rings. The average molecular weight is 366 g/mol. The summed E-state index contributed by atoms with van der Waals surface area (Å²) in [5.74, 6) is 0.280. The number of aromatic nitrogens is 1. The van der Waals surface area contributed by atoms with E-state index in [1.165, 1.54) is 23.1 Å². The summed E-state index contributed by atoms with van der Waals surface area (Å²) in [6, 6.07) is 7.57. The number of thioether (sulfide) groups is 1. The topological polar surface area (TPSA) is 88.5 Å². The van der Waals surface area contributed by atoms with Crippen LogP contribution in [0, 0.1) is 0 Å². The van der Waals surface area contributed by atoms with Gasteiger partial charge in [-0.3, -0.25) is 9.59 Å². The molecule has 2 rings (SSSR count). The Morgan fingerprint density at radius 2 is 2.08 bits per heavy atom. The van der Waals surface area contributed by atoms with Gasteiger partial charge in [0.1, 0.15) is 16.5 Å². The summed E-state index contributed by atoms with van der Waals surface area (Å²) in [5.41, 5.74) is 1.30. The van der Waals surface area contributed by atoms with Crippen molar-refractivity contribution in [1.29, 1.82) is 0 Å². The SMILES string of the molecule is CCOc1ccc(-c2nc(C(=O)NCCSCC(=O)O)cs2)cc1. The van der Waals surface area contributed by atoms with Gasteiger partial charge in [0, 0.05) is 23.2 Å². The Morgan fingerprint density at radius 3 is 2.75 bits per heavy atom. The molecule has 0 spiro atoms. The smallest absolute Gasteiger partial charge is 0.313 e. The van der Waals surface area contributed by atoms with Crippen LogP contribution in [0.2, 0.25) is 0 Å². The van der Waals surface area contributed by atoms with Gasteiger partial charge in [-0.25, -0.2) is 4.98 Å². The summed E-state index contributed by atoms with van der Waals surface area (Å²) < 4.78 is 5.40. The second kappa shape index (κ2) is 9.29. The first-order valence-electron chi connectivity index (χ1n) is 7.36. The van der Waals surface area contributed by atoms with Crippen LogP contribution in [-0.4, -0.2) is 46.6 Å². The largest absolute Gasteiger partial charge is 0.494 e. The van der Waals surface area contributed by atoms with Crippen LogP contribution in [0.4, 0.5) is 0 Å². The van der Waals surface area contributed by atoms with Crippen molar-refractivity contribution in [3.63, 3.8) is 0 Å². The molecule has 24 heavy (non-hydrogen) atoms.